The van der Waals surface area contributed by atoms with Crippen LogP contribution < -0.4 is 5.32 Å². The SMILES string of the molecule is O=S(=O)(c1ccc(F)cc1F)N1CCNCC1c1cccnc1. The Labute approximate surface area is 133 Å². The van der Waals surface area contributed by atoms with Crippen LogP contribution in [0.5, 0.6) is 0 Å². The predicted molar refractivity (Wildman–Crippen MR) is 80.1 cm³/mol. The molecule has 0 radical (unpaired) electrons. The molecule has 122 valence electrons. The molecule has 0 spiro atoms. The third-order valence-corrected chi connectivity index (χ3v) is 5.69. The van der Waals surface area contributed by atoms with Gasteiger partial charge in [0.1, 0.15) is 16.5 Å². The highest BCUT2D eigenvalue weighted by Crippen LogP contribution is 2.29. The normalized spacial score (nSPS) is 19.7. The number of nitrogens with one attached hydrogen (secondary N) is 1. The number of hydrogen-bond donors (Lipinski definition) is 1. The molecule has 1 unspecified atom stereocenters. The van der Waals surface area contributed by atoms with Crippen LogP contribution in [0.2, 0.25) is 0 Å². The highest BCUT2D eigenvalue weighted by molar-refractivity contribution is 7.89. The van der Waals surface area contributed by atoms with Crippen molar-refractivity contribution in [3.8, 4) is 0 Å². The van der Waals surface area contributed by atoms with Gasteiger partial charge in [-0.05, 0) is 23.8 Å². The van der Waals surface area contributed by atoms with Crippen molar-refractivity contribution in [1.82, 2.24) is 14.6 Å². The van der Waals surface area contributed by atoms with Crippen molar-refractivity contribution >= 4 is 10.0 Å². The molecule has 1 N–H and O–H groups in total. The van der Waals surface area contributed by atoms with E-state index in [0.717, 1.165) is 12.1 Å². The molecule has 1 aromatic heterocycles. The van der Waals surface area contributed by atoms with Crippen LogP contribution in [0.25, 0.3) is 0 Å². The topological polar surface area (TPSA) is 62.3 Å². The molecule has 2 heterocycles. The lowest BCUT2D eigenvalue weighted by molar-refractivity contribution is 0.270. The number of piperazine rings is 1. The third kappa shape index (κ3) is 3.10. The second kappa shape index (κ2) is 6.31. The molecule has 23 heavy (non-hydrogen) atoms. The summed E-state index contributed by atoms with van der Waals surface area (Å²) in [5, 5.41) is 3.12. The summed E-state index contributed by atoms with van der Waals surface area (Å²) in [6.07, 6.45) is 3.18. The highest BCUT2D eigenvalue weighted by Gasteiger charge is 2.36. The molecule has 8 heteroatoms. The zero-order chi connectivity index (χ0) is 16.4. The van der Waals surface area contributed by atoms with Gasteiger partial charge >= 0.3 is 0 Å². The van der Waals surface area contributed by atoms with Gasteiger partial charge in [-0.25, -0.2) is 17.2 Å². The van der Waals surface area contributed by atoms with Gasteiger partial charge in [-0.1, -0.05) is 6.07 Å². The van der Waals surface area contributed by atoms with Gasteiger partial charge < -0.3 is 5.32 Å². The number of hydrogen-bond acceptors (Lipinski definition) is 4. The Balaban J connectivity index is 2.02. The maximum atomic E-state index is 14.0. The van der Waals surface area contributed by atoms with E-state index in [2.05, 4.69) is 10.3 Å². The number of aromatic nitrogens is 1. The average Bonchev–Trinajstić information content (AvgIpc) is 2.55. The molecular weight excluding hydrogens is 324 g/mol. The van der Waals surface area contributed by atoms with Crippen molar-refractivity contribution in [1.29, 1.82) is 0 Å². The smallest absolute Gasteiger partial charge is 0.246 e. The first-order valence-electron chi connectivity index (χ1n) is 7.07. The van der Waals surface area contributed by atoms with Crippen LogP contribution in [0.4, 0.5) is 8.78 Å². The monoisotopic (exact) mass is 339 g/mol. The number of pyridine rings is 1. The van der Waals surface area contributed by atoms with Crippen molar-refractivity contribution in [2.45, 2.75) is 10.9 Å². The minimum atomic E-state index is -4.08. The van der Waals surface area contributed by atoms with Gasteiger partial charge in [0.05, 0.1) is 6.04 Å². The molecular formula is C15H15F2N3O2S. The molecule has 1 aromatic carbocycles. The fourth-order valence-electron chi connectivity index (χ4n) is 2.64. The van der Waals surface area contributed by atoms with Gasteiger partial charge in [-0.3, -0.25) is 4.98 Å². The Morgan fingerprint density at radius 1 is 1.26 bits per heavy atom. The quantitative estimate of drug-likeness (QED) is 0.924. The summed E-state index contributed by atoms with van der Waals surface area (Å²) in [5.74, 6) is -1.90. The first kappa shape index (κ1) is 16.0. The zero-order valence-electron chi connectivity index (χ0n) is 12.1. The number of nitrogens with zero attached hydrogens (tertiary/aromatic N) is 2. The number of rotatable bonds is 3. The van der Waals surface area contributed by atoms with Gasteiger partial charge in [0.15, 0.2) is 0 Å². The van der Waals surface area contributed by atoms with Crippen LogP contribution in [0.3, 0.4) is 0 Å². The minimum absolute atomic E-state index is 0.193. The van der Waals surface area contributed by atoms with Crippen LogP contribution >= 0.6 is 0 Å². The van der Waals surface area contributed by atoms with E-state index in [1.807, 2.05) is 0 Å². The summed E-state index contributed by atoms with van der Waals surface area (Å²) in [4.78, 5) is 3.49. The molecule has 1 saturated heterocycles. The van der Waals surface area contributed by atoms with E-state index in [0.29, 0.717) is 24.7 Å². The molecule has 0 aliphatic carbocycles. The summed E-state index contributed by atoms with van der Waals surface area (Å²) >= 11 is 0. The van der Waals surface area contributed by atoms with Crippen LogP contribution in [0.15, 0.2) is 47.6 Å². The molecule has 5 nitrogen and oxygen atoms in total. The summed E-state index contributed by atoms with van der Waals surface area (Å²) in [6.45, 7) is 1.05. The standard InChI is InChI=1S/C15H15F2N3O2S/c16-12-3-4-15(13(17)8-12)23(21,22)20-7-6-19-10-14(20)11-2-1-5-18-9-11/h1-5,8-9,14,19H,6-7,10H2. The Kier molecular flexibility index (Phi) is 4.38. The van der Waals surface area contributed by atoms with Crippen LogP contribution in [0, 0.1) is 11.6 Å². The Bertz CT molecular complexity index is 800. The van der Waals surface area contributed by atoms with E-state index in [-0.39, 0.29) is 6.54 Å². The fourth-order valence-corrected chi connectivity index (χ4v) is 4.30. The summed E-state index contributed by atoms with van der Waals surface area (Å²) in [6, 6.07) is 5.47. The highest BCUT2D eigenvalue weighted by atomic mass is 32.2. The molecule has 1 fully saturated rings. The molecule has 0 bridgehead atoms. The van der Waals surface area contributed by atoms with E-state index < -0.39 is 32.6 Å². The van der Waals surface area contributed by atoms with Crippen molar-refractivity contribution < 1.29 is 17.2 Å². The summed E-state index contributed by atoms with van der Waals surface area (Å²) < 4.78 is 53.9. The lowest BCUT2D eigenvalue weighted by atomic mass is 10.1. The molecule has 1 aliphatic heterocycles. The van der Waals surface area contributed by atoms with Gasteiger partial charge in [-0.2, -0.15) is 4.31 Å². The molecule has 1 atom stereocenters. The van der Waals surface area contributed by atoms with E-state index in [4.69, 9.17) is 0 Å². The second-order valence-corrected chi connectivity index (χ2v) is 7.06. The molecule has 0 saturated carbocycles. The van der Waals surface area contributed by atoms with E-state index in [9.17, 15) is 17.2 Å². The van der Waals surface area contributed by atoms with E-state index >= 15 is 0 Å². The lowest BCUT2D eigenvalue weighted by Crippen LogP contribution is -2.48. The van der Waals surface area contributed by atoms with Gasteiger partial charge in [0, 0.05) is 38.1 Å². The zero-order valence-corrected chi connectivity index (χ0v) is 12.9. The maximum Gasteiger partial charge on any atom is 0.246 e. The summed E-state index contributed by atoms with van der Waals surface area (Å²) in [5.41, 5.74) is 0.714. The first-order chi connectivity index (χ1) is 11.0. The Morgan fingerprint density at radius 3 is 2.78 bits per heavy atom. The Hall–Kier alpha value is -1.90. The fraction of sp³-hybridized carbons (Fsp3) is 0.267. The third-order valence-electron chi connectivity index (χ3n) is 3.74. The molecule has 0 amide bonds. The Morgan fingerprint density at radius 2 is 2.09 bits per heavy atom. The average molecular weight is 339 g/mol. The van der Waals surface area contributed by atoms with Crippen LogP contribution in [-0.4, -0.2) is 37.3 Å². The second-order valence-electron chi connectivity index (χ2n) is 5.20. The van der Waals surface area contributed by atoms with Crippen molar-refractivity contribution in [2.75, 3.05) is 19.6 Å². The van der Waals surface area contributed by atoms with Crippen LogP contribution in [0.1, 0.15) is 11.6 Å². The van der Waals surface area contributed by atoms with E-state index in [1.165, 1.54) is 4.31 Å². The largest absolute Gasteiger partial charge is 0.313 e. The number of sulfonamides is 1. The lowest BCUT2D eigenvalue weighted by Gasteiger charge is -2.35. The molecule has 1 aliphatic rings. The van der Waals surface area contributed by atoms with Gasteiger partial charge in [0.2, 0.25) is 10.0 Å². The van der Waals surface area contributed by atoms with Crippen LogP contribution in [-0.2, 0) is 10.0 Å². The summed E-state index contributed by atoms with van der Waals surface area (Å²) in [7, 11) is -4.08. The van der Waals surface area contributed by atoms with Crippen molar-refractivity contribution in [2.24, 2.45) is 0 Å². The number of halogens is 2. The van der Waals surface area contributed by atoms with Gasteiger partial charge in [0.25, 0.3) is 0 Å². The minimum Gasteiger partial charge on any atom is -0.313 e. The van der Waals surface area contributed by atoms with Gasteiger partial charge in [-0.15, -0.1) is 0 Å². The van der Waals surface area contributed by atoms with E-state index in [1.54, 1.807) is 24.5 Å². The van der Waals surface area contributed by atoms with Crippen molar-refractivity contribution in [3.05, 3.63) is 59.9 Å². The van der Waals surface area contributed by atoms with Crippen molar-refractivity contribution in [3.63, 3.8) is 0 Å². The number of benzene rings is 1. The first-order valence-corrected chi connectivity index (χ1v) is 8.51. The molecule has 2 aromatic rings. The molecule has 3 rings (SSSR count). The predicted octanol–water partition coefficient (Wildman–Crippen LogP) is 1.70. The maximum absolute atomic E-state index is 14.0.